The molecule has 2 amide bonds. The van der Waals surface area contributed by atoms with Crippen molar-refractivity contribution < 1.29 is 30.8 Å². The molecule has 1 aliphatic rings. The van der Waals surface area contributed by atoms with E-state index in [2.05, 4.69) is 15.4 Å². The first-order valence-corrected chi connectivity index (χ1v) is 12.5. The zero-order chi connectivity index (χ0) is 22.8. The van der Waals surface area contributed by atoms with Gasteiger partial charge in [-0.05, 0) is 48.9 Å². The first-order chi connectivity index (χ1) is 14.4. The van der Waals surface area contributed by atoms with E-state index in [1.54, 1.807) is 0 Å². The van der Waals surface area contributed by atoms with E-state index < -0.39 is 37.6 Å². The van der Waals surface area contributed by atoms with E-state index in [-0.39, 0.29) is 40.0 Å². The molecule has 31 heavy (non-hydrogen) atoms. The second-order valence-electron chi connectivity index (χ2n) is 7.08. The summed E-state index contributed by atoms with van der Waals surface area (Å²) >= 11 is 0. The van der Waals surface area contributed by atoms with E-state index in [0.29, 0.717) is 5.69 Å². The largest absolute Gasteiger partial charge is 0.326 e. The van der Waals surface area contributed by atoms with Crippen LogP contribution in [0, 0.1) is 5.82 Å². The molecule has 1 saturated heterocycles. The van der Waals surface area contributed by atoms with Crippen LogP contribution in [0.15, 0.2) is 47.4 Å². The predicted molar refractivity (Wildman–Crippen MR) is 112 cm³/mol. The number of sulfonamides is 1. The van der Waals surface area contributed by atoms with Gasteiger partial charge in [-0.25, -0.2) is 25.9 Å². The fourth-order valence-corrected chi connectivity index (χ4v) is 6.11. The lowest BCUT2D eigenvalue weighted by Crippen LogP contribution is -2.35. The number of anilines is 2. The Kier molecular flexibility index (Phi) is 6.43. The molecule has 2 aromatic rings. The predicted octanol–water partition coefficient (Wildman–Crippen LogP) is 1.50. The van der Waals surface area contributed by atoms with Gasteiger partial charge in [-0.2, -0.15) is 0 Å². The molecule has 12 heteroatoms. The van der Waals surface area contributed by atoms with Crippen molar-refractivity contribution in [2.24, 2.45) is 0 Å². The summed E-state index contributed by atoms with van der Waals surface area (Å²) in [5.74, 6) is -2.08. The van der Waals surface area contributed by atoms with Crippen molar-refractivity contribution in [3.63, 3.8) is 0 Å². The lowest BCUT2D eigenvalue weighted by molar-refractivity contribution is -0.114. The van der Waals surface area contributed by atoms with Crippen LogP contribution in [0.2, 0.25) is 0 Å². The smallest absolute Gasteiger partial charge is 0.255 e. The lowest BCUT2D eigenvalue weighted by atomic mass is 10.2. The Hall–Kier alpha value is -2.83. The minimum Gasteiger partial charge on any atom is -0.326 e. The molecular formula is C19H20FN3O6S2. The Labute approximate surface area is 179 Å². The number of carbonyl (C=O) groups is 2. The molecule has 0 bridgehead atoms. The second kappa shape index (κ2) is 8.73. The van der Waals surface area contributed by atoms with Gasteiger partial charge in [-0.15, -0.1) is 0 Å². The van der Waals surface area contributed by atoms with Crippen molar-refractivity contribution >= 4 is 43.0 Å². The highest BCUT2D eigenvalue weighted by Crippen LogP contribution is 2.21. The van der Waals surface area contributed by atoms with Crippen LogP contribution in [-0.2, 0) is 24.7 Å². The number of amides is 2. The van der Waals surface area contributed by atoms with Gasteiger partial charge >= 0.3 is 0 Å². The molecule has 3 N–H and O–H groups in total. The van der Waals surface area contributed by atoms with Crippen molar-refractivity contribution in [1.82, 2.24) is 4.72 Å². The van der Waals surface area contributed by atoms with Crippen molar-refractivity contribution in [3.8, 4) is 0 Å². The van der Waals surface area contributed by atoms with Crippen LogP contribution in [0.3, 0.4) is 0 Å². The Morgan fingerprint density at radius 2 is 1.74 bits per heavy atom. The fourth-order valence-electron chi connectivity index (χ4n) is 3.06. The van der Waals surface area contributed by atoms with E-state index in [9.17, 15) is 30.8 Å². The number of nitrogens with one attached hydrogen (secondary N) is 3. The Bertz CT molecular complexity index is 1230. The van der Waals surface area contributed by atoms with Gasteiger partial charge in [0.2, 0.25) is 15.9 Å². The Morgan fingerprint density at radius 3 is 2.32 bits per heavy atom. The van der Waals surface area contributed by atoms with Crippen LogP contribution in [0.4, 0.5) is 15.8 Å². The standard InChI is InChI=1S/C19H20FN3O6S2/c1-12(24)21-14-4-7-17(20)18(10-14)22-19(25)13-2-5-16(6-3-13)31(28,29)23-15-8-9-30(26,27)11-15/h2-7,10,15,23H,8-9,11H2,1H3,(H,21,24)(H,22,25). The number of hydrogen-bond donors (Lipinski definition) is 3. The van der Waals surface area contributed by atoms with E-state index in [1.807, 2.05) is 0 Å². The summed E-state index contributed by atoms with van der Waals surface area (Å²) in [6, 6.07) is 7.90. The maximum atomic E-state index is 14.0. The molecule has 0 saturated carbocycles. The third kappa shape index (κ3) is 5.87. The van der Waals surface area contributed by atoms with Crippen molar-refractivity contribution in [2.45, 2.75) is 24.3 Å². The summed E-state index contributed by atoms with van der Waals surface area (Å²) < 4.78 is 64.3. The number of carbonyl (C=O) groups excluding carboxylic acids is 2. The molecule has 1 unspecified atom stereocenters. The highest BCUT2D eigenvalue weighted by Gasteiger charge is 2.31. The van der Waals surface area contributed by atoms with Gasteiger partial charge in [-0.3, -0.25) is 9.59 Å². The average molecular weight is 470 g/mol. The molecule has 2 aromatic carbocycles. The molecule has 1 atom stereocenters. The van der Waals surface area contributed by atoms with E-state index in [4.69, 9.17) is 0 Å². The van der Waals surface area contributed by atoms with E-state index in [0.717, 1.165) is 6.07 Å². The molecule has 3 rings (SSSR count). The normalized spacial score (nSPS) is 17.8. The number of hydrogen-bond acceptors (Lipinski definition) is 6. The van der Waals surface area contributed by atoms with Crippen LogP contribution < -0.4 is 15.4 Å². The molecule has 1 heterocycles. The van der Waals surface area contributed by atoms with Gasteiger partial charge in [0, 0.05) is 24.2 Å². The zero-order valence-corrected chi connectivity index (χ0v) is 18.0. The molecule has 0 aliphatic carbocycles. The molecule has 0 aromatic heterocycles. The SMILES string of the molecule is CC(=O)Nc1ccc(F)c(NC(=O)c2ccc(S(=O)(=O)NC3CCS(=O)(=O)C3)cc2)c1. The lowest BCUT2D eigenvalue weighted by Gasteiger charge is -2.12. The highest BCUT2D eigenvalue weighted by atomic mass is 32.2. The Morgan fingerprint density at radius 1 is 1.06 bits per heavy atom. The van der Waals surface area contributed by atoms with Crippen LogP contribution in [0.25, 0.3) is 0 Å². The van der Waals surface area contributed by atoms with E-state index in [1.165, 1.54) is 43.3 Å². The molecule has 1 fully saturated rings. The van der Waals surface area contributed by atoms with Gasteiger partial charge in [0.1, 0.15) is 5.82 Å². The van der Waals surface area contributed by atoms with Crippen molar-refractivity contribution in [2.75, 3.05) is 22.1 Å². The number of halogens is 1. The van der Waals surface area contributed by atoms with Crippen LogP contribution in [-0.4, -0.2) is 46.2 Å². The van der Waals surface area contributed by atoms with Crippen LogP contribution in [0.5, 0.6) is 0 Å². The third-order valence-electron chi connectivity index (χ3n) is 4.52. The molecule has 1 aliphatic heterocycles. The third-order valence-corrected chi connectivity index (χ3v) is 7.82. The molecule has 166 valence electrons. The first-order valence-electron chi connectivity index (χ1n) is 9.16. The average Bonchev–Trinajstić information content (AvgIpc) is 3.01. The fraction of sp³-hybridized carbons (Fsp3) is 0.263. The van der Waals surface area contributed by atoms with Gasteiger partial charge in [0.25, 0.3) is 5.91 Å². The number of sulfone groups is 1. The summed E-state index contributed by atoms with van der Waals surface area (Å²) in [5, 5.41) is 4.84. The summed E-state index contributed by atoms with van der Waals surface area (Å²) in [6.07, 6.45) is 0.200. The summed E-state index contributed by atoms with van der Waals surface area (Å²) in [4.78, 5) is 23.4. The topological polar surface area (TPSA) is 139 Å². The van der Waals surface area contributed by atoms with Gasteiger partial charge in [0.05, 0.1) is 22.1 Å². The highest BCUT2D eigenvalue weighted by molar-refractivity contribution is 7.92. The minimum absolute atomic E-state index is 0.0704. The molecular weight excluding hydrogens is 449 g/mol. The first kappa shape index (κ1) is 22.8. The molecule has 0 radical (unpaired) electrons. The van der Waals surface area contributed by atoms with Crippen molar-refractivity contribution in [3.05, 3.63) is 53.8 Å². The summed E-state index contributed by atoms with van der Waals surface area (Å²) in [7, 11) is -7.21. The van der Waals surface area contributed by atoms with Gasteiger partial charge in [-0.1, -0.05) is 0 Å². The minimum atomic E-state index is -3.97. The quantitative estimate of drug-likeness (QED) is 0.586. The molecule has 0 spiro atoms. The van der Waals surface area contributed by atoms with Crippen LogP contribution in [0.1, 0.15) is 23.7 Å². The molecule has 9 nitrogen and oxygen atoms in total. The monoisotopic (exact) mass is 469 g/mol. The maximum absolute atomic E-state index is 14.0. The number of rotatable bonds is 6. The van der Waals surface area contributed by atoms with Gasteiger partial charge in [0.15, 0.2) is 9.84 Å². The zero-order valence-electron chi connectivity index (χ0n) is 16.4. The van der Waals surface area contributed by atoms with Gasteiger partial charge < -0.3 is 10.6 Å². The second-order valence-corrected chi connectivity index (χ2v) is 11.0. The summed E-state index contributed by atoms with van der Waals surface area (Å²) in [5.41, 5.74) is 0.217. The summed E-state index contributed by atoms with van der Waals surface area (Å²) in [6.45, 7) is 1.29. The van der Waals surface area contributed by atoms with E-state index >= 15 is 0 Å². The van der Waals surface area contributed by atoms with Crippen molar-refractivity contribution in [1.29, 1.82) is 0 Å². The van der Waals surface area contributed by atoms with Crippen LogP contribution >= 0.6 is 0 Å². The number of benzene rings is 2. The Balaban J connectivity index is 1.71. The maximum Gasteiger partial charge on any atom is 0.255 e.